The SMILES string of the molecule is C=CCP.O=[N+]([O-])[O-].[Au+]. The minimum atomic E-state index is -1.75. The minimum Gasteiger partial charge on any atom is -0.356 e. The average Bonchev–Trinajstić information content (AvgIpc) is 1.65. The number of hydrogen-bond donors (Lipinski definition) is 0. The zero-order valence-electron chi connectivity index (χ0n) is 4.54. The molecule has 0 radical (unpaired) electrons. The molecule has 0 aromatic rings. The van der Waals surface area contributed by atoms with Crippen LogP contribution in [0.4, 0.5) is 0 Å². The van der Waals surface area contributed by atoms with Crippen molar-refractivity contribution in [3.63, 3.8) is 0 Å². The van der Waals surface area contributed by atoms with Crippen LogP contribution in [-0.2, 0) is 22.4 Å². The fraction of sp³-hybridized carbons (Fsp3) is 0.333. The normalized spacial score (nSPS) is 5.44. The molecule has 0 heterocycles. The van der Waals surface area contributed by atoms with Crippen molar-refractivity contribution < 1.29 is 27.5 Å². The molecular formula is C3H7AuNO3P. The monoisotopic (exact) mass is 333 g/mol. The van der Waals surface area contributed by atoms with E-state index in [1.807, 2.05) is 6.08 Å². The van der Waals surface area contributed by atoms with E-state index in [-0.39, 0.29) is 22.4 Å². The zero-order chi connectivity index (χ0) is 6.99. The van der Waals surface area contributed by atoms with Crippen LogP contribution in [0.25, 0.3) is 0 Å². The van der Waals surface area contributed by atoms with Crippen molar-refractivity contribution in [1.29, 1.82) is 0 Å². The molecule has 0 rings (SSSR count). The first kappa shape index (κ1) is 16.1. The number of hydrogen-bond acceptors (Lipinski definition) is 3. The summed E-state index contributed by atoms with van der Waals surface area (Å²) in [6, 6.07) is 0. The Bertz CT molecular complexity index is 75.5. The summed E-state index contributed by atoms with van der Waals surface area (Å²) in [5, 5.41) is 14.8. The van der Waals surface area contributed by atoms with Crippen molar-refractivity contribution >= 4 is 9.24 Å². The summed E-state index contributed by atoms with van der Waals surface area (Å²) in [6.07, 6.45) is 2.84. The third kappa shape index (κ3) is 246. The Labute approximate surface area is 71.1 Å². The fourth-order valence-electron chi connectivity index (χ4n) is 0. The van der Waals surface area contributed by atoms with E-state index in [2.05, 4.69) is 15.8 Å². The Hall–Kier alpha value is 0.110. The molecule has 0 fully saturated rings. The Morgan fingerprint density at radius 3 is 1.78 bits per heavy atom. The molecule has 0 aliphatic carbocycles. The van der Waals surface area contributed by atoms with E-state index in [1.54, 1.807) is 0 Å². The zero-order valence-corrected chi connectivity index (χ0v) is 7.86. The van der Waals surface area contributed by atoms with Gasteiger partial charge in [-0.2, -0.15) is 0 Å². The van der Waals surface area contributed by atoms with Crippen LogP contribution in [0.2, 0.25) is 0 Å². The molecule has 4 nitrogen and oxygen atoms in total. The molecular weight excluding hydrogens is 326 g/mol. The van der Waals surface area contributed by atoms with Gasteiger partial charge in [0.15, 0.2) is 0 Å². The summed E-state index contributed by atoms with van der Waals surface area (Å²) in [7, 11) is 2.54. The molecule has 0 bridgehead atoms. The maximum absolute atomic E-state index is 8.25. The van der Waals surface area contributed by atoms with E-state index in [0.717, 1.165) is 6.16 Å². The van der Waals surface area contributed by atoms with Gasteiger partial charge in [-0.1, -0.05) is 6.08 Å². The summed E-state index contributed by atoms with van der Waals surface area (Å²) < 4.78 is 0. The third-order valence-corrected chi connectivity index (χ3v) is 0.500. The second kappa shape index (κ2) is 15.7. The van der Waals surface area contributed by atoms with Gasteiger partial charge in [-0.15, -0.1) is 15.8 Å². The summed E-state index contributed by atoms with van der Waals surface area (Å²) in [4.78, 5) is 8.25. The molecule has 0 amide bonds. The maximum atomic E-state index is 8.25. The van der Waals surface area contributed by atoms with Crippen LogP contribution in [0.15, 0.2) is 12.7 Å². The Balaban J connectivity index is -0.0000000720. The predicted molar refractivity (Wildman–Crippen MR) is 35.1 cm³/mol. The van der Waals surface area contributed by atoms with Gasteiger partial charge in [-0.25, -0.2) is 0 Å². The van der Waals surface area contributed by atoms with Crippen LogP contribution in [0.3, 0.4) is 0 Å². The quantitative estimate of drug-likeness (QED) is 0.234. The van der Waals surface area contributed by atoms with Crippen molar-refractivity contribution in [3.05, 3.63) is 28.0 Å². The van der Waals surface area contributed by atoms with Gasteiger partial charge in [-0.3, -0.25) is 0 Å². The largest absolute Gasteiger partial charge is 1.00 e. The van der Waals surface area contributed by atoms with Crippen LogP contribution >= 0.6 is 9.24 Å². The van der Waals surface area contributed by atoms with E-state index >= 15 is 0 Å². The molecule has 1 atom stereocenters. The first-order chi connectivity index (χ1) is 3.65. The van der Waals surface area contributed by atoms with E-state index in [9.17, 15) is 0 Å². The summed E-state index contributed by atoms with van der Waals surface area (Å²) >= 11 is 0. The molecule has 0 N–H and O–H groups in total. The summed E-state index contributed by atoms with van der Waals surface area (Å²) in [5.41, 5.74) is 0. The van der Waals surface area contributed by atoms with Crippen LogP contribution in [0.1, 0.15) is 0 Å². The van der Waals surface area contributed by atoms with Gasteiger partial charge in [0, 0.05) is 0 Å². The van der Waals surface area contributed by atoms with Crippen molar-refractivity contribution in [3.8, 4) is 0 Å². The van der Waals surface area contributed by atoms with Crippen LogP contribution in [-0.4, -0.2) is 11.2 Å². The van der Waals surface area contributed by atoms with E-state index in [0.29, 0.717) is 0 Å². The van der Waals surface area contributed by atoms with E-state index < -0.39 is 5.09 Å². The molecule has 0 aromatic carbocycles. The summed E-state index contributed by atoms with van der Waals surface area (Å²) in [6.45, 7) is 3.46. The first-order valence-electron chi connectivity index (χ1n) is 1.77. The van der Waals surface area contributed by atoms with Crippen molar-refractivity contribution in [1.82, 2.24) is 0 Å². The molecule has 6 heteroatoms. The van der Waals surface area contributed by atoms with Gasteiger partial charge in [0.25, 0.3) is 0 Å². The van der Waals surface area contributed by atoms with Crippen LogP contribution < -0.4 is 0 Å². The molecule has 0 aliphatic rings. The van der Waals surface area contributed by atoms with Gasteiger partial charge in [0.2, 0.25) is 0 Å². The molecule has 0 saturated heterocycles. The number of allylic oxidation sites excluding steroid dienone is 1. The number of rotatable bonds is 1. The smallest absolute Gasteiger partial charge is 0.356 e. The van der Waals surface area contributed by atoms with Crippen LogP contribution in [0.5, 0.6) is 0 Å². The van der Waals surface area contributed by atoms with Gasteiger partial charge in [0.05, 0.1) is 5.09 Å². The van der Waals surface area contributed by atoms with Gasteiger partial charge in [0.1, 0.15) is 0 Å². The minimum absolute atomic E-state index is 0. The fourth-order valence-corrected chi connectivity index (χ4v) is 0. The predicted octanol–water partition coefficient (Wildman–Crippen LogP) is 0.806. The summed E-state index contributed by atoms with van der Waals surface area (Å²) in [5.74, 6) is 0. The Morgan fingerprint density at radius 1 is 1.67 bits per heavy atom. The van der Waals surface area contributed by atoms with E-state index in [4.69, 9.17) is 15.3 Å². The second-order valence-electron chi connectivity index (χ2n) is 0.748. The van der Waals surface area contributed by atoms with E-state index in [1.165, 1.54) is 0 Å². The molecule has 1 unspecified atom stereocenters. The first-order valence-corrected chi connectivity index (χ1v) is 2.59. The molecule has 58 valence electrons. The molecule has 0 aromatic heterocycles. The molecule has 0 spiro atoms. The third-order valence-electron chi connectivity index (χ3n) is 0.167. The van der Waals surface area contributed by atoms with Crippen molar-refractivity contribution in [2.24, 2.45) is 0 Å². The standard InChI is InChI=1S/C3H7P.Au.NO3/c1-2-3-4;;2-1(3)4/h2H,1,3-4H2;;/q;+1;-1. The van der Waals surface area contributed by atoms with Gasteiger partial charge >= 0.3 is 22.4 Å². The molecule has 0 saturated carbocycles. The average molecular weight is 333 g/mol. The van der Waals surface area contributed by atoms with Gasteiger partial charge in [-0.05, 0) is 6.16 Å². The number of nitrogens with zero attached hydrogens (tertiary/aromatic N) is 1. The maximum Gasteiger partial charge on any atom is 1.00 e. The van der Waals surface area contributed by atoms with Crippen molar-refractivity contribution in [2.75, 3.05) is 6.16 Å². The second-order valence-corrected chi connectivity index (χ2v) is 1.22. The topological polar surface area (TPSA) is 66.2 Å². The Kier molecular flexibility index (Phi) is 28.0. The molecule has 0 aliphatic heterocycles. The molecule has 9 heavy (non-hydrogen) atoms. The Morgan fingerprint density at radius 2 is 1.78 bits per heavy atom. The van der Waals surface area contributed by atoms with Crippen LogP contribution in [0, 0.1) is 15.3 Å². The van der Waals surface area contributed by atoms with Crippen molar-refractivity contribution in [2.45, 2.75) is 0 Å². The van der Waals surface area contributed by atoms with Gasteiger partial charge < -0.3 is 15.3 Å².